The highest BCUT2D eigenvalue weighted by molar-refractivity contribution is 6.09. The van der Waals surface area contributed by atoms with Crippen molar-refractivity contribution in [3.8, 4) is 5.69 Å². The van der Waals surface area contributed by atoms with Crippen LogP contribution >= 0.6 is 0 Å². The number of hydrogen-bond donors (Lipinski definition) is 0. The number of alkyl halides is 1. The summed E-state index contributed by atoms with van der Waals surface area (Å²) < 4.78 is 16.8. The highest BCUT2D eigenvalue weighted by Crippen LogP contribution is 2.27. The Hall–Kier alpha value is -3.23. The fourth-order valence-corrected chi connectivity index (χ4v) is 3.55. The summed E-state index contributed by atoms with van der Waals surface area (Å²) in [5.41, 5.74) is 2.06. The lowest BCUT2D eigenvalue weighted by Crippen LogP contribution is -2.24. The number of carbonyl (C=O) groups excluding carboxylic acids is 1. The van der Waals surface area contributed by atoms with E-state index in [-0.39, 0.29) is 5.91 Å². The van der Waals surface area contributed by atoms with Crippen molar-refractivity contribution < 1.29 is 9.18 Å². The van der Waals surface area contributed by atoms with Gasteiger partial charge in [-0.05, 0) is 18.6 Å². The van der Waals surface area contributed by atoms with Gasteiger partial charge in [-0.2, -0.15) is 5.10 Å². The fraction of sp³-hybridized carbons (Fsp3) is 0.333. The molecule has 3 aromatic rings. The van der Waals surface area contributed by atoms with Gasteiger partial charge in [-0.15, -0.1) is 0 Å². The molecular weight excluding hydrogens is 349 g/mol. The highest BCUT2D eigenvalue weighted by atomic mass is 19.1. The number of imidazole rings is 1. The Kier molecular flexibility index (Phi) is 3.49. The molecule has 0 spiro atoms. The van der Waals surface area contributed by atoms with Gasteiger partial charge in [-0.1, -0.05) is 0 Å². The number of nitrogens with zero attached hydrogens (tertiary/aromatic N) is 7. The molecule has 1 fully saturated rings. The molecule has 138 valence electrons. The van der Waals surface area contributed by atoms with Gasteiger partial charge < -0.3 is 9.47 Å². The van der Waals surface area contributed by atoms with Crippen molar-refractivity contribution in [3.05, 3.63) is 48.3 Å². The van der Waals surface area contributed by atoms with Crippen LogP contribution in [0.4, 0.5) is 16.0 Å². The Balaban J connectivity index is 1.37. The molecule has 1 atom stereocenters. The quantitative estimate of drug-likeness (QED) is 0.705. The molecular formula is C18H18FN7O. The molecule has 0 N–H and O–H groups in total. The van der Waals surface area contributed by atoms with Crippen LogP contribution in [0.1, 0.15) is 22.5 Å². The molecule has 1 amide bonds. The standard InChI is InChI=1S/C18H18FN7O/c1-23-10-17(21-11-23)25-9-15-14(18(25)27)8-26(22-15)13-2-3-16(20-6-13)24-5-4-12(19)7-24/h2-3,6,8,10-12H,4-5,7,9H2,1H3/t12-/m1/s1. The zero-order valence-electron chi connectivity index (χ0n) is 14.8. The average Bonchev–Trinajstić information content (AvgIpc) is 3.42. The van der Waals surface area contributed by atoms with Gasteiger partial charge in [0.1, 0.15) is 12.0 Å². The van der Waals surface area contributed by atoms with Crippen molar-refractivity contribution in [1.29, 1.82) is 0 Å². The number of halogens is 1. The molecule has 0 radical (unpaired) electrons. The second kappa shape index (κ2) is 5.90. The molecule has 2 aliphatic heterocycles. The van der Waals surface area contributed by atoms with E-state index in [0.717, 1.165) is 17.2 Å². The maximum Gasteiger partial charge on any atom is 0.263 e. The molecule has 1 saturated heterocycles. The molecule has 3 aromatic heterocycles. The van der Waals surface area contributed by atoms with Crippen LogP contribution in [0.25, 0.3) is 5.69 Å². The van der Waals surface area contributed by atoms with Crippen LogP contribution in [0.2, 0.25) is 0 Å². The van der Waals surface area contributed by atoms with Crippen molar-refractivity contribution in [1.82, 2.24) is 24.3 Å². The van der Waals surface area contributed by atoms with Crippen LogP contribution in [0, 0.1) is 0 Å². The summed E-state index contributed by atoms with van der Waals surface area (Å²) in [7, 11) is 1.86. The van der Waals surface area contributed by atoms with Gasteiger partial charge in [0, 0.05) is 26.0 Å². The van der Waals surface area contributed by atoms with E-state index < -0.39 is 6.17 Å². The van der Waals surface area contributed by atoms with Crippen molar-refractivity contribution in [3.63, 3.8) is 0 Å². The number of rotatable bonds is 3. The topological polar surface area (TPSA) is 72.1 Å². The molecule has 5 heterocycles. The van der Waals surface area contributed by atoms with Gasteiger partial charge >= 0.3 is 0 Å². The molecule has 2 aliphatic rings. The monoisotopic (exact) mass is 367 g/mol. The van der Waals surface area contributed by atoms with Crippen LogP contribution in [-0.2, 0) is 13.6 Å². The predicted octanol–water partition coefficient (Wildman–Crippen LogP) is 1.71. The first-order chi connectivity index (χ1) is 13.1. The van der Waals surface area contributed by atoms with Gasteiger partial charge in [-0.25, -0.2) is 19.0 Å². The summed E-state index contributed by atoms with van der Waals surface area (Å²) in [4.78, 5) is 24.9. The van der Waals surface area contributed by atoms with Gasteiger partial charge in [0.15, 0.2) is 5.82 Å². The largest absolute Gasteiger partial charge is 0.354 e. The van der Waals surface area contributed by atoms with E-state index >= 15 is 0 Å². The Morgan fingerprint density at radius 3 is 2.70 bits per heavy atom. The Labute approximate surface area is 154 Å². The van der Waals surface area contributed by atoms with Crippen LogP contribution in [0.3, 0.4) is 0 Å². The van der Waals surface area contributed by atoms with Crippen molar-refractivity contribution in [2.24, 2.45) is 7.05 Å². The molecule has 27 heavy (non-hydrogen) atoms. The van der Waals surface area contributed by atoms with Gasteiger partial charge in [0.2, 0.25) is 0 Å². The van der Waals surface area contributed by atoms with E-state index in [1.165, 1.54) is 0 Å². The van der Waals surface area contributed by atoms with Crippen LogP contribution in [-0.4, -0.2) is 49.5 Å². The normalized spacial score (nSPS) is 19.2. The predicted molar refractivity (Wildman–Crippen MR) is 96.8 cm³/mol. The Morgan fingerprint density at radius 2 is 2.07 bits per heavy atom. The summed E-state index contributed by atoms with van der Waals surface area (Å²) in [6.07, 6.45) is 6.66. The number of amides is 1. The second-order valence-corrected chi connectivity index (χ2v) is 6.93. The van der Waals surface area contributed by atoms with Gasteiger partial charge in [0.25, 0.3) is 5.91 Å². The SMILES string of the molecule is Cn1cnc(N2Cc3nn(-c4ccc(N5CC[C@@H](F)C5)nc4)cc3C2=O)c1. The van der Waals surface area contributed by atoms with E-state index in [1.807, 2.05) is 24.1 Å². The number of aromatic nitrogens is 5. The zero-order valence-corrected chi connectivity index (χ0v) is 14.8. The smallest absolute Gasteiger partial charge is 0.263 e. The second-order valence-electron chi connectivity index (χ2n) is 6.93. The third-order valence-corrected chi connectivity index (χ3v) is 4.99. The number of hydrogen-bond acceptors (Lipinski definition) is 5. The fourth-order valence-electron chi connectivity index (χ4n) is 3.55. The Morgan fingerprint density at radius 1 is 1.19 bits per heavy atom. The van der Waals surface area contributed by atoms with Gasteiger partial charge in [0.05, 0.1) is 42.6 Å². The van der Waals surface area contributed by atoms with Crippen LogP contribution < -0.4 is 9.80 Å². The van der Waals surface area contributed by atoms with Gasteiger partial charge in [-0.3, -0.25) is 9.69 Å². The van der Waals surface area contributed by atoms with E-state index in [4.69, 9.17) is 0 Å². The van der Waals surface area contributed by atoms with E-state index in [2.05, 4.69) is 15.1 Å². The van der Waals surface area contributed by atoms with Crippen molar-refractivity contribution >= 4 is 17.5 Å². The number of carbonyl (C=O) groups is 1. The maximum absolute atomic E-state index is 13.4. The third kappa shape index (κ3) is 2.66. The molecule has 0 unspecified atom stereocenters. The zero-order chi connectivity index (χ0) is 18.5. The number of aryl methyl sites for hydroxylation is 1. The Bertz CT molecular complexity index is 1010. The number of anilines is 2. The van der Waals surface area contributed by atoms with E-state index in [9.17, 15) is 9.18 Å². The molecule has 0 aliphatic carbocycles. The lowest BCUT2D eigenvalue weighted by atomic mass is 10.3. The first kappa shape index (κ1) is 16.0. The third-order valence-electron chi connectivity index (χ3n) is 4.99. The number of pyridine rings is 1. The van der Waals surface area contributed by atoms with E-state index in [1.54, 1.807) is 39.1 Å². The van der Waals surface area contributed by atoms with Crippen LogP contribution in [0.5, 0.6) is 0 Å². The molecule has 9 heteroatoms. The minimum absolute atomic E-state index is 0.106. The minimum atomic E-state index is -0.784. The van der Waals surface area contributed by atoms with Crippen LogP contribution in [0.15, 0.2) is 37.1 Å². The summed E-state index contributed by atoms with van der Waals surface area (Å²) in [6.45, 7) is 1.47. The van der Waals surface area contributed by atoms with E-state index in [0.29, 0.717) is 37.4 Å². The molecule has 8 nitrogen and oxygen atoms in total. The number of fused-ring (bicyclic) bond motifs is 1. The summed E-state index contributed by atoms with van der Waals surface area (Å²) in [5.74, 6) is 1.27. The lowest BCUT2D eigenvalue weighted by Gasteiger charge is -2.16. The molecule has 0 bridgehead atoms. The highest BCUT2D eigenvalue weighted by Gasteiger charge is 2.33. The van der Waals surface area contributed by atoms with Crippen molar-refractivity contribution in [2.45, 2.75) is 19.1 Å². The molecule has 0 aromatic carbocycles. The minimum Gasteiger partial charge on any atom is -0.354 e. The molecule has 0 saturated carbocycles. The van der Waals surface area contributed by atoms with Crippen molar-refractivity contribution in [2.75, 3.05) is 22.9 Å². The average molecular weight is 367 g/mol. The summed E-state index contributed by atoms with van der Waals surface area (Å²) in [5, 5.41) is 4.54. The summed E-state index contributed by atoms with van der Waals surface area (Å²) in [6, 6.07) is 3.75. The molecule has 5 rings (SSSR count). The maximum atomic E-state index is 13.4. The first-order valence-electron chi connectivity index (χ1n) is 8.82. The summed E-state index contributed by atoms with van der Waals surface area (Å²) >= 11 is 0. The first-order valence-corrected chi connectivity index (χ1v) is 8.82. The lowest BCUT2D eigenvalue weighted by molar-refractivity contribution is 0.0995.